The minimum Gasteiger partial charge on any atom is -0.494 e. The van der Waals surface area contributed by atoms with E-state index in [1.807, 2.05) is 47.4 Å². The minimum absolute atomic E-state index is 0.269. The van der Waals surface area contributed by atoms with Crippen molar-refractivity contribution in [2.45, 2.75) is 44.2 Å². The second-order valence-electron chi connectivity index (χ2n) is 8.97. The third-order valence-electron chi connectivity index (χ3n) is 6.23. The Balaban J connectivity index is 1.20. The maximum atomic E-state index is 11.6. The fourth-order valence-corrected chi connectivity index (χ4v) is 4.53. The molecule has 0 radical (unpaired) electrons. The summed E-state index contributed by atoms with van der Waals surface area (Å²) in [6.07, 6.45) is 4.23. The fourth-order valence-electron chi connectivity index (χ4n) is 4.53. The number of hydrogen-bond donors (Lipinski definition) is 1. The summed E-state index contributed by atoms with van der Waals surface area (Å²) in [4.78, 5) is 15.9. The first kappa shape index (κ1) is 22.6. The number of hydrogen-bond acceptors (Lipinski definition) is 5. The summed E-state index contributed by atoms with van der Waals surface area (Å²) in [6, 6.07) is 17.9. The van der Waals surface area contributed by atoms with Gasteiger partial charge in [-0.3, -0.25) is 9.69 Å². The first-order chi connectivity index (χ1) is 15.6. The number of ether oxygens (including phenoxy) is 2. The number of likely N-dealkylation sites (tertiary alicyclic amines) is 2. The molecule has 0 saturated carbocycles. The number of carbonyl (C=O) groups is 1. The van der Waals surface area contributed by atoms with Crippen LogP contribution in [0.4, 0.5) is 0 Å². The topological polar surface area (TPSA) is 62.2 Å². The van der Waals surface area contributed by atoms with Crippen molar-refractivity contribution in [2.75, 3.05) is 39.4 Å². The number of para-hydroxylation sites is 1. The average Bonchev–Trinajstić information content (AvgIpc) is 3.22. The highest BCUT2D eigenvalue weighted by molar-refractivity contribution is 5.77. The third kappa shape index (κ3) is 6.47. The molecule has 2 aromatic carbocycles. The van der Waals surface area contributed by atoms with Gasteiger partial charge in [0.25, 0.3) is 0 Å². The lowest BCUT2D eigenvalue weighted by Crippen LogP contribution is -2.51. The summed E-state index contributed by atoms with van der Waals surface area (Å²) in [5, 5.41) is 11.0. The zero-order valence-corrected chi connectivity index (χ0v) is 18.7. The molecule has 2 aliphatic rings. The predicted molar refractivity (Wildman–Crippen MR) is 124 cm³/mol. The van der Waals surface area contributed by atoms with Gasteiger partial charge in [0.15, 0.2) is 0 Å². The quantitative estimate of drug-likeness (QED) is 0.576. The number of amides is 1. The molecule has 1 atom stereocenters. The van der Waals surface area contributed by atoms with Crippen LogP contribution in [-0.4, -0.2) is 65.8 Å². The Bertz CT molecular complexity index is 858. The Morgan fingerprint density at radius 2 is 1.72 bits per heavy atom. The van der Waals surface area contributed by atoms with Gasteiger partial charge in [0.05, 0.1) is 6.61 Å². The van der Waals surface area contributed by atoms with E-state index in [4.69, 9.17) is 9.47 Å². The van der Waals surface area contributed by atoms with Crippen LogP contribution in [0.3, 0.4) is 0 Å². The molecule has 0 bridgehead atoms. The SMILES string of the molecule is O=C1CCCN1CCCOc1ccc(CN2CCC[C@@](O)(COc3ccccc3)C2)cc1. The van der Waals surface area contributed by atoms with Gasteiger partial charge in [0.1, 0.15) is 23.7 Å². The third-order valence-corrected chi connectivity index (χ3v) is 6.23. The van der Waals surface area contributed by atoms with Gasteiger partial charge < -0.3 is 19.5 Å². The normalized spacial score (nSPS) is 21.7. The van der Waals surface area contributed by atoms with Gasteiger partial charge in [0.2, 0.25) is 5.91 Å². The van der Waals surface area contributed by atoms with Crippen molar-refractivity contribution < 1.29 is 19.4 Å². The lowest BCUT2D eigenvalue weighted by Gasteiger charge is -2.39. The monoisotopic (exact) mass is 438 g/mol. The highest BCUT2D eigenvalue weighted by Crippen LogP contribution is 2.25. The van der Waals surface area contributed by atoms with Crippen LogP contribution in [0.2, 0.25) is 0 Å². The first-order valence-electron chi connectivity index (χ1n) is 11.7. The lowest BCUT2D eigenvalue weighted by molar-refractivity contribution is -0.127. The molecule has 2 saturated heterocycles. The summed E-state index contributed by atoms with van der Waals surface area (Å²) >= 11 is 0. The van der Waals surface area contributed by atoms with Gasteiger partial charge >= 0.3 is 0 Å². The molecule has 2 aromatic rings. The van der Waals surface area contributed by atoms with E-state index in [-0.39, 0.29) is 5.91 Å². The van der Waals surface area contributed by atoms with Crippen LogP contribution in [0, 0.1) is 0 Å². The molecule has 0 aliphatic carbocycles. The standard InChI is InChI=1S/C26H34N2O4/c29-25-9-4-16-28(25)17-6-18-31-24-12-10-22(11-13-24)19-27-15-5-14-26(30,20-27)21-32-23-7-2-1-3-8-23/h1-3,7-8,10-13,30H,4-6,9,14-21H2/t26-/m0/s1. The number of piperidine rings is 1. The zero-order chi connectivity index (χ0) is 22.2. The zero-order valence-electron chi connectivity index (χ0n) is 18.7. The second kappa shape index (κ2) is 10.8. The van der Waals surface area contributed by atoms with Gasteiger partial charge in [-0.25, -0.2) is 0 Å². The van der Waals surface area contributed by atoms with Crippen molar-refractivity contribution in [3.05, 3.63) is 60.2 Å². The van der Waals surface area contributed by atoms with Gasteiger partial charge in [-0.15, -0.1) is 0 Å². The largest absolute Gasteiger partial charge is 0.494 e. The molecule has 6 heteroatoms. The number of nitrogens with zero attached hydrogens (tertiary/aromatic N) is 2. The van der Waals surface area contributed by atoms with E-state index in [0.29, 0.717) is 26.2 Å². The van der Waals surface area contributed by atoms with Gasteiger partial charge in [-0.1, -0.05) is 30.3 Å². The van der Waals surface area contributed by atoms with Crippen molar-refractivity contribution in [3.8, 4) is 11.5 Å². The van der Waals surface area contributed by atoms with Crippen LogP contribution in [0.1, 0.15) is 37.7 Å². The summed E-state index contributed by atoms with van der Waals surface area (Å²) in [5.74, 6) is 1.92. The van der Waals surface area contributed by atoms with Crippen LogP contribution < -0.4 is 9.47 Å². The van der Waals surface area contributed by atoms with Gasteiger partial charge in [-0.05, 0) is 62.1 Å². The maximum Gasteiger partial charge on any atom is 0.222 e. The first-order valence-corrected chi connectivity index (χ1v) is 11.7. The van der Waals surface area contributed by atoms with E-state index < -0.39 is 5.60 Å². The second-order valence-corrected chi connectivity index (χ2v) is 8.97. The lowest BCUT2D eigenvalue weighted by atomic mass is 9.93. The Morgan fingerprint density at radius 1 is 0.938 bits per heavy atom. The van der Waals surface area contributed by atoms with Crippen molar-refractivity contribution in [3.63, 3.8) is 0 Å². The summed E-state index contributed by atoms with van der Waals surface area (Å²) < 4.78 is 11.7. The minimum atomic E-state index is -0.826. The predicted octanol–water partition coefficient (Wildman–Crippen LogP) is 3.48. The van der Waals surface area contributed by atoms with E-state index in [2.05, 4.69) is 17.0 Å². The molecular formula is C26H34N2O4. The molecule has 0 spiro atoms. The molecule has 0 unspecified atom stereocenters. The molecule has 4 rings (SSSR count). The fraction of sp³-hybridized carbons (Fsp3) is 0.500. The van der Waals surface area contributed by atoms with Gasteiger partial charge in [-0.2, -0.15) is 0 Å². The highest BCUT2D eigenvalue weighted by Gasteiger charge is 2.34. The Kier molecular flexibility index (Phi) is 7.66. The molecule has 1 N–H and O–H groups in total. The number of β-amino-alcohol motifs (C(OH)–C–C–N with tert-alkyl or cyclic N) is 1. The number of benzene rings is 2. The molecule has 172 valence electrons. The van der Waals surface area contributed by atoms with E-state index in [1.54, 1.807) is 0 Å². The summed E-state index contributed by atoms with van der Waals surface area (Å²) in [7, 11) is 0. The number of rotatable bonds is 10. The summed E-state index contributed by atoms with van der Waals surface area (Å²) in [6.45, 7) is 4.97. The highest BCUT2D eigenvalue weighted by atomic mass is 16.5. The van der Waals surface area contributed by atoms with Gasteiger partial charge in [0, 0.05) is 32.6 Å². The van der Waals surface area contributed by atoms with Crippen molar-refractivity contribution in [2.24, 2.45) is 0 Å². The average molecular weight is 439 g/mol. The van der Waals surface area contributed by atoms with Crippen molar-refractivity contribution in [1.29, 1.82) is 0 Å². The van der Waals surface area contributed by atoms with E-state index in [9.17, 15) is 9.90 Å². The molecule has 1 amide bonds. The van der Waals surface area contributed by atoms with Crippen molar-refractivity contribution >= 4 is 5.91 Å². The van der Waals surface area contributed by atoms with E-state index >= 15 is 0 Å². The maximum absolute atomic E-state index is 11.6. The molecule has 2 aliphatic heterocycles. The summed E-state index contributed by atoms with van der Waals surface area (Å²) in [5.41, 5.74) is 0.377. The van der Waals surface area contributed by atoms with Crippen LogP contribution >= 0.6 is 0 Å². The smallest absolute Gasteiger partial charge is 0.222 e. The van der Waals surface area contributed by atoms with E-state index in [0.717, 1.165) is 63.4 Å². The molecule has 32 heavy (non-hydrogen) atoms. The Labute approximate surface area is 190 Å². The van der Waals surface area contributed by atoms with Crippen LogP contribution in [0.15, 0.2) is 54.6 Å². The number of carbonyl (C=O) groups excluding carboxylic acids is 1. The van der Waals surface area contributed by atoms with Crippen LogP contribution in [-0.2, 0) is 11.3 Å². The van der Waals surface area contributed by atoms with E-state index in [1.165, 1.54) is 5.56 Å². The van der Waals surface area contributed by atoms with Crippen LogP contribution in [0.5, 0.6) is 11.5 Å². The molecule has 0 aromatic heterocycles. The Morgan fingerprint density at radius 3 is 2.47 bits per heavy atom. The van der Waals surface area contributed by atoms with Crippen LogP contribution in [0.25, 0.3) is 0 Å². The Hall–Kier alpha value is -2.57. The number of aliphatic hydroxyl groups is 1. The molecular weight excluding hydrogens is 404 g/mol. The molecule has 6 nitrogen and oxygen atoms in total. The molecule has 2 fully saturated rings. The van der Waals surface area contributed by atoms with Crippen molar-refractivity contribution in [1.82, 2.24) is 9.80 Å². The molecule has 2 heterocycles.